The average molecular weight is 320 g/mol. The van der Waals surface area contributed by atoms with Crippen molar-refractivity contribution in [2.45, 2.75) is 12.8 Å². The highest BCUT2D eigenvalue weighted by Crippen LogP contribution is 2.39. The Morgan fingerprint density at radius 2 is 2.00 bits per heavy atom. The van der Waals surface area contributed by atoms with Gasteiger partial charge in [-0.15, -0.1) is 0 Å². The van der Waals surface area contributed by atoms with Crippen LogP contribution < -0.4 is 4.90 Å². The lowest BCUT2D eigenvalue weighted by Gasteiger charge is -2.32. The minimum Gasteiger partial charge on any atom is -0.340 e. The molecule has 0 atom stereocenters. The summed E-state index contributed by atoms with van der Waals surface area (Å²) in [5.41, 5.74) is 4.71. The summed E-state index contributed by atoms with van der Waals surface area (Å²) < 4.78 is 0. The minimum absolute atomic E-state index is 0.580. The zero-order valence-corrected chi connectivity index (χ0v) is 13.2. The van der Waals surface area contributed by atoms with Gasteiger partial charge >= 0.3 is 0 Å². The van der Waals surface area contributed by atoms with Gasteiger partial charge in [-0.25, -0.2) is 0 Å². The van der Waals surface area contributed by atoms with Crippen LogP contribution in [-0.2, 0) is 6.42 Å². The monoisotopic (exact) mass is 319 g/mol. The van der Waals surface area contributed by atoms with E-state index in [0.717, 1.165) is 36.0 Å². The van der Waals surface area contributed by atoms with Crippen LogP contribution in [0.3, 0.4) is 0 Å². The molecule has 2 aromatic carbocycles. The molecule has 1 aliphatic heterocycles. The highest BCUT2D eigenvalue weighted by molar-refractivity contribution is 6.35. The van der Waals surface area contributed by atoms with Crippen molar-refractivity contribution >= 4 is 33.9 Å². The van der Waals surface area contributed by atoms with Crippen molar-refractivity contribution in [1.82, 2.24) is 4.98 Å². The fourth-order valence-electron chi connectivity index (χ4n) is 3.31. The van der Waals surface area contributed by atoms with Crippen LogP contribution in [0.15, 0.2) is 48.7 Å². The van der Waals surface area contributed by atoms with Gasteiger partial charge in [0.1, 0.15) is 6.07 Å². The number of rotatable bonds is 1. The van der Waals surface area contributed by atoms with Gasteiger partial charge in [-0.1, -0.05) is 41.9 Å². The van der Waals surface area contributed by atoms with E-state index in [0.29, 0.717) is 10.6 Å². The predicted octanol–water partition coefficient (Wildman–Crippen LogP) is 4.84. The smallest absolute Gasteiger partial charge is 0.103 e. The molecule has 112 valence electrons. The highest BCUT2D eigenvalue weighted by atomic mass is 35.5. The number of halogens is 1. The summed E-state index contributed by atoms with van der Waals surface area (Å²) in [4.78, 5) is 6.62. The number of aryl methyl sites for hydroxylation is 1. The predicted molar refractivity (Wildman–Crippen MR) is 93.2 cm³/mol. The first-order chi connectivity index (χ1) is 11.3. The van der Waals surface area contributed by atoms with Crippen LogP contribution in [0, 0.1) is 11.3 Å². The summed E-state index contributed by atoms with van der Waals surface area (Å²) in [6.07, 6.45) is 3.76. The van der Waals surface area contributed by atoms with Crippen LogP contribution in [0.2, 0.25) is 5.02 Å². The Morgan fingerprint density at radius 1 is 1.13 bits per heavy atom. The first-order valence-corrected chi connectivity index (χ1v) is 8.00. The normalized spacial score (nSPS) is 13.7. The van der Waals surface area contributed by atoms with Gasteiger partial charge in [-0.05, 0) is 30.5 Å². The molecule has 4 rings (SSSR count). The van der Waals surface area contributed by atoms with Crippen LogP contribution in [0.5, 0.6) is 0 Å². The third-order valence-corrected chi connectivity index (χ3v) is 4.63. The molecule has 23 heavy (non-hydrogen) atoms. The molecule has 0 amide bonds. The number of nitriles is 1. The molecule has 1 aromatic heterocycles. The lowest BCUT2D eigenvalue weighted by molar-refractivity contribution is 0.767. The third kappa shape index (κ3) is 2.23. The molecule has 3 aromatic rings. The van der Waals surface area contributed by atoms with Crippen molar-refractivity contribution in [3.05, 3.63) is 64.8 Å². The molecule has 3 nitrogen and oxygen atoms in total. The molecule has 0 bridgehead atoms. The van der Waals surface area contributed by atoms with Gasteiger partial charge in [0.2, 0.25) is 0 Å². The standard InChI is InChI=1S/C19H14ClN3/c20-16-8-3-7-15-18(16)22-12-14(11-21)19(15)23-10-4-6-13-5-1-2-9-17(13)23/h1-3,5,7-9,12H,4,6,10H2. The Bertz CT molecular complexity index is 943. The fraction of sp³-hybridized carbons (Fsp3) is 0.158. The SMILES string of the molecule is N#Cc1cnc2c(Cl)cccc2c1N1CCCc2ccccc21. The molecule has 2 heterocycles. The molecule has 0 unspecified atom stereocenters. The molecule has 0 N–H and O–H groups in total. The summed E-state index contributed by atoms with van der Waals surface area (Å²) in [6.45, 7) is 0.886. The summed E-state index contributed by atoms with van der Waals surface area (Å²) in [6, 6.07) is 16.4. The van der Waals surface area contributed by atoms with Crippen molar-refractivity contribution in [2.24, 2.45) is 0 Å². The van der Waals surface area contributed by atoms with E-state index in [1.165, 1.54) is 11.3 Å². The summed E-state index contributed by atoms with van der Waals surface area (Å²) in [7, 11) is 0. The zero-order chi connectivity index (χ0) is 15.8. The van der Waals surface area contributed by atoms with Crippen molar-refractivity contribution in [1.29, 1.82) is 5.26 Å². The maximum Gasteiger partial charge on any atom is 0.103 e. The van der Waals surface area contributed by atoms with Gasteiger partial charge in [0.15, 0.2) is 0 Å². The van der Waals surface area contributed by atoms with Crippen LogP contribution in [0.4, 0.5) is 11.4 Å². The molecular formula is C19H14ClN3. The maximum absolute atomic E-state index is 9.58. The number of para-hydroxylation sites is 2. The lowest BCUT2D eigenvalue weighted by Crippen LogP contribution is -2.25. The number of hydrogen-bond acceptors (Lipinski definition) is 3. The molecular weight excluding hydrogens is 306 g/mol. The van der Waals surface area contributed by atoms with E-state index in [1.807, 2.05) is 24.3 Å². The Kier molecular flexibility index (Phi) is 3.40. The van der Waals surface area contributed by atoms with Crippen LogP contribution in [0.25, 0.3) is 10.9 Å². The molecule has 0 aliphatic carbocycles. The number of aromatic nitrogens is 1. The number of anilines is 2. The van der Waals surface area contributed by atoms with Crippen LogP contribution in [0.1, 0.15) is 17.5 Å². The van der Waals surface area contributed by atoms with Crippen molar-refractivity contribution in [2.75, 3.05) is 11.4 Å². The van der Waals surface area contributed by atoms with E-state index in [4.69, 9.17) is 11.6 Å². The average Bonchev–Trinajstić information content (AvgIpc) is 2.60. The van der Waals surface area contributed by atoms with Gasteiger partial charge in [0, 0.05) is 23.8 Å². The summed E-state index contributed by atoms with van der Waals surface area (Å²) in [5.74, 6) is 0. The summed E-state index contributed by atoms with van der Waals surface area (Å²) in [5, 5.41) is 11.1. The minimum atomic E-state index is 0.580. The number of nitrogens with zero attached hydrogens (tertiary/aromatic N) is 3. The van der Waals surface area contributed by atoms with Crippen LogP contribution in [-0.4, -0.2) is 11.5 Å². The fourth-order valence-corrected chi connectivity index (χ4v) is 3.53. The Labute approximate surface area is 139 Å². The van der Waals surface area contributed by atoms with E-state index in [1.54, 1.807) is 6.20 Å². The first-order valence-electron chi connectivity index (χ1n) is 7.62. The lowest BCUT2D eigenvalue weighted by atomic mass is 9.99. The molecule has 0 saturated heterocycles. The second-order valence-corrected chi connectivity index (χ2v) is 6.06. The van der Waals surface area contributed by atoms with Crippen molar-refractivity contribution < 1.29 is 0 Å². The number of pyridine rings is 1. The van der Waals surface area contributed by atoms with Gasteiger partial charge in [0.25, 0.3) is 0 Å². The van der Waals surface area contributed by atoms with Gasteiger partial charge in [-0.3, -0.25) is 4.98 Å². The molecule has 0 radical (unpaired) electrons. The quantitative estimate of drug-likeness (QED) is 0.644. The summed E-state index contributed by atoms with van der Waals surface area (Å²) >= 11 is 6.30. The largest absolute Gasteiger partial charge is 0.340 e. The van der Waals surface area contributed by atoms with E-state index >= 15 is 0 Å². The molecule has 0 fully saturated rings. The van der Waals surface area contributed by atoms with E-state index < -0.39 is 0 Å². The van der Waals surface area contributed by atoms with E-state index in [9.17, 15) is 5.26 Å². The molecule has 1 aliphatic rings. The van der Waals surface area contributed by atoms with Gasteiger partial charge in [0.05, 0.1) is 21.8 Å². The molecule has 4 heteroatoms. The number of benzene rings is 2. The Hall–Kier alpha value is -2.57. The topological polar surface area (TPSA) is 39.9 Å². The number of fused-ring (bicyclic) bond motifs is 2. The zero-order valence-electron chi connectivity index (χ0n) is 12.5. The van der Waals surface area contributed by atoms with Crippen LogP contribution >= 0.6 is 11.6 Å². The molecule has 0 spiro atoms. The first kappa shape index (κ1) is 14.0. The maximum atomic E-state index is 9.58. The van der Waals surface area contributed by atoms with Gasteiger partial charge < -0.3 is 4.90 Å². The van der Waals surface area contributed by atoms with E-state index in [2.05, 4.69) is 34.2 Å². The number of hydrogen-bond donors (Lipinski definition) is 0. The van der Waals surface area contributed by atoms with E-state index in [-0.39, 0.29) is 0 Å². The Morgan fingerprint density at radius 3 is 2.87 bits per heavy atom. The van der Waals surface area contributed by atoms with Gasteiger partial charge in [-0.2, -0.15) is 5.26 Å². The van der Waals surface area contributed by atoms with Crippen molar-refractivity contribution in [3.63, 3.8) is 0 Å². The Balaban J connectivity index is 2.03. The third-order valence-electron chi connectivity index (χ3n) is 4.32. The second-order valence-electron chi connectivity index (χ2n) is 5.65. The second kappa shape index (κ2) is 5.57. The highest BCUT2D eigenvalue weighted by Gasteiger charge is 2.23. The van der Waals surface area contributed by atoms with Crippen molar-refractivity contribution in [3.8, 4) is 6.07 Å². The molecule has 0 saturated carbocycles.